The fraction of sp³-hybridized carbons (Fsp3) is 0.292. The average molecular weight is 418 g/mol. The number of carbonyl (C=O) groups is 2. The molecule has 1 unspecified atom stereocenters. The molecule has 0 spiro atoms. The molecule has 1 aromatic heterocycles. The monoisotopic (exact) mass is 418 g/mol. The van der Waals surface area contributed by atoms with Crippen LogP contribution in [0.1, 0.15) is 57.4 Å². The van der Waals surface area contributed by atoms with Crippen LogP contribution in [0.4, 0.5) is 10.1 Å². The highest BCUT2D eigenvalue weighted by Gasteiger charge is 2.33. The van der Waals surface area contributed by atoms with Crippen molar-refractivity contribution in [3.63, 3.8) is 0 Å². The number of H-pyrrole nitrogens is 1. The molecule has 0 radical (unpaired) electrons. The molecule has 7 heteroatoms. The molecule has 1 saturated heterocycles. The number of amides is 2. The molecule has 0 bridgehead atoms. The topological polar surface area (TPSA) is 69.3 Å². The Morgan fingerprint density at radius 2 is 1.81 bits per heavy atom. The molecule has 158 valence electrons. The third-order valence-electron chi connectivity index (χ3n) is 6.18. The zero-order valence-electron chi connectivity index (χ0n) is 17.1. The molecule has 0 saturated carbocycles. The summed E-state index contributed by atoms with van der Waals surface area (Å²) in [6.07, 6.45) is 3.38. The summed E-state index contributed by atoms with van der Waals surface area (Å²) in [4.78, 5) is 29.6. The zero-order chi connectivity index (χ0) is 21.4. The van der Waals surface area contributed by atoms with Gasteiger partial charge in [-0.3, -0.25) is 14.7 Å². The molecule has 2 amide bonds. The Balaban J connectivity index is 1.40. The molecular weight excluding hydrogens is 395 g/mol. The summed E-state index contributed by atoms with van der Waals surface area (Å²) in [5.41, 5.74) is 3.18. The van der Waals surface area contributed by atoms with Crippen molar-refractivity contribution in [3.05, 3.63) is 82.9 Å². The van der Waals surface area contributed by atoms with Crippen LogP contribution in [0.2, 0.25) is 0 Å². The molecule has 1 N–H and O–H groups in total. The number of nitrogens with zero attached hydrogens (tertiary/aromatic N) is 3. The van der Waals surface area contributed by atoms with Crippen molar-refractivity contribution in [1.82, 2.24) is 15.1 Å². The van der Waals surface area contributed by atoms with E-state index in [1.54, 1.807) is 28.0 Å². The second-order valence-electron chi connectivity index (χ2n) is 8.03. The maximum atomic E-state index is 14.2. The largest absolute Gasteiger partial charge is 0.330 e. The van der Waals surface area contributed by atoms with Gasteiger partial charge in [0.1, 0.15) is 5.82 Å². The second kappa shape index (κ2) is 7.98. The summed E-state index contributed by atoms with van der Waals surface area (Å²) in [6, 6.07) is 15.4. The fourth-order valence-corrected chi connectivity index (χ4v) is 4.59. The Morgan fingerprint density at radius 3 is 2.68 bits per heavy atom. The number of hydrogen-bond acceptors (Lipinski definition) is 3. The average Bonchev–Trinajstić information content (AvgIpc) is 3.46. The van der Waals surface area contributed by atoms with Crippen molar-refractivity contribution in [1.29, 1.82) is 0 Å². The van der Waals surface area contributed by atoms with Gasteiger partial charge in [-0.15, -0.1) is 0 Å². The van der Waals surface area contributed by atoms with Gasteiger partial charge in [0, 0.05) is 18.8 Å². The third kappa shape index (κ3) is 3.50. The predicted octanol–water partition coefficient (Wildman–Crippen LogP) is 4.12. The van der Waals surface area contributed by atoms with Crippen LogP contribution in [0.15, 0.2) is 54.6 Å². The Bertz CT molecular complexity index is 1140. The standard InChI is InChI=1S/C24H23FN4O2/c25-18-9-3-2-8-17(18)23(30)28-13-6-5-11-22(28)19-15-20(27-26-19)24(31)29-14-12-16-7-1-4-10-21(16)29/h1-4,7-10,15,22H,5-6,11-14H2,(H,26,27). The highest BCUT2D eigenvalue weighted by atomic mass is 19.1. The number of piperidine rings is 1. The molecule has 1 atom stereocenters. The lowest BCUT2D eigenvalue weighted by Gasteiger charge is -2.35. The number of rotatable bonds is 3. The molecule has 2 aliphatic rings. The van der Waals surface area contributed by atoms with Gasteiger partial charge in [0.2, 0.25) is 0 Å². The van der Waals surface area contributed by atoms with Gasteiger partial charge in [-0.25, -0.2) is 4.39 Å². The Hall–Kier alpha value is -3.48. The minimum atomic E-state index is -0.523. The molecule has 5 rings (SSSR count). The van der Waals surface area contributed by atoms with E-state index in [0.29, 0.717) is 24.5 Å². The summed E-state index contributed by atoms with van der Waals surface area (Å²) >= 11 is 0. The molecule has 0 aliphatic carbocycles. The van der Waals surface area contributed by atoms with Gasteiger partial charge >= 0.3 is 0 Å². The lowest BCUT2D eigenvalue weighted by Crippen LogP contribution is -2.39. The third-order valence-corrected chi connectivity index (χ3v) is 6.18. The number of hydrogen-bond donors (Lipinski definition) is 1. The van der Waals surface area contributed by atoms with Crippen molar-refractivity contribution in [2.75, 3.05) is 18.0 Å². The Morgan fingerprint density at radius 1 is 1.00 bits per heavy atom. The first-order chi connectivity index (χ1) is 15.1. The lowest BCUT2D eigenvalue weighted by atomic mass is 9.98. The molecule has 31 heavy (non-hydrogen) atoms. The van der Waals surface area contributed by atoms with E-state index in [1.165, 1.54) is 12.1 Å². The number of aromatic amines is 1. The van der Waals surface area contributed by atoms with E-state index < -0.39 is 5.82 Å². The van der Waals surface area contributed by atoms with E-state index in [1.807, 2.05) is 24.3 Å². The van der Waals surface area contributed by atoms with Crippen LogP contribution in [0.25, 0.3) is 0 Å². The SMILES string of the molecule is O=C(c1cc(C2CCCCN2C(=O)c2ccccc2F)[nH]n1)N1CCc2ccccc21. The van der Waals surface area contributed by atoms with Crippen molar-refractivity contribution >= 4 is 17.5 Å². The normalized spacial score (nSPS) is 18.2. The van der Waals surface area contributed by atoms with Crippen LogP contribution in [0, 0.1) is 5.82 Å². The molecule has 1 fully saturated rings. The maximum Gasteiger partial charge on any atom is 0.278 e. The number of aromatic nitrogens is 2. The van der Waals surface area contributed by atoms with Gasteiger partial charge in [0.15, 0.2) is 5.69 Å². The van der Waals surface area contributed by atoms with Gasteiger partial charge in [0.25, 0.3) is 11.8 Å². The van der Waals surface area contributed by atoms with Crippen molar-refractivity contribution < 1.29 is 14.0 Å². The minimum absolute atomic E-state index is 0.0684. The zero-order valence-corrected chi connectivity index (χ0v) is 17.1. The van der Waals surface area contributed by atoms with E-state index in [9.17, 15) is 14.0 Å². The smallest absolute Gasteiger partial charge is 0.278 e. The number of carbonyl (C=O) groups excluding carboxylic acids is 2. The molecule has 3 heterocycles. The van der Waals surface area contributed by atoms with Crippen molar-refractivity contribution in [2.45, 2.75) is 31.7 Å². The Kier molecular flexibility index (Phi) is 5.02. The highest BCUT2D eigenvalue weighted by Crippen LogP contribution is 2.33. The van der Waals surface area contributed by atoms with E-state index >= 15 is 0 Å². The van der Waals surface area contributed by atoms with Gasteiger partial charge in [0.05, 0.1) is 17.3 Å². The molecule has 6 nitrogen and oxygen atoms in total. The van der Waals surface area contributed by atoms with Crippen LogP contribution in [-0.2, 0) is 6.42 Å². The number of halogens is 1. The molecule has 2 aliphatic heterocycles. The summed E-state index contributed by atoms with van der Waals surface area (Å²) in [5, 5.41) is 7.23. The highest BCUT2D eigenvalue weighted by molar-refractivity contribution is 6.06. The molecule has 3 aromatic rings. The molecular formula is C24H23FN4O2. The van der Waals surface area contributed by atoms with Gasteiger partial charge in [-0.2, -0.15) is 5.10 Å². The van der Waals surface area contributed by atoms with Crippen LogP contribution in [0.3, 0.4) is 0 Å². The van der Waals surface area contributed by atoms with E-state index in [4.69, 9.17) is 0 Å². The van der Waals surface area contributed by atoms with Crippen LogP contribution < -0.4 is 4.90 Å². The van der Waals surface area contributed by atoms with Crippen molar-refractivity contribution in [2.24, 2.45) is 0 Å². The number of benzene rings is 2. The van der Waals surface area contributed by atoms with E-state index in [2.05, 4.69) is 10.2 Å². The van der Waals surface area contributed by atoms with Crippen LogP contribution in [-0.4, -0.2) is 40.0 Å². The van der Waals surface area contributed by atoms with E-state index in [-0.39, 0.29) is 23.4 Å². The minimum Gasteiger partial charge on any atom is -0.330 e. The number of para-hydroxylation sites is 1. The number of fused-ring (bicyclic) bond motifs is 1. The first-order valence-electron chi connectivity index (χ1n) is 10.6. The second-order valence-corrected chi connectivity index (χ2v) is 8.03. The summed E-state index contributed by atoms with van der Waals surface area (Å²) in [5.74, 6) is -1.01. The summed E-state index contributed by atoms with van der Waals surface area (Å²) < 4.78 is 14.2. The lowest BCUT2D eigenvalue weighted by molar-refractivity contribution is 0.0601. The van der Waals surface area contributed by atoms with E-state index in [0.717, 1.165) is 36.9 Å². The number of likely N-dealkylation sites (tertiary alicyclic amines) is 1. The fourth-order valence-electron chi connectivity index (χ4n) is 4.59. The van der Waals surface area contributed by atoms with Crippen LogP contribution >= 0.6 is 0 Å². The van der Waals surface area contributed by atoms with Gasteiger partial charge < -0.3 is 9.80 Å². The Labute approximate surface area is 179 Å². The quantitative estimate of drug-likeness (QED) is 0.696. The van der Waals surface area contributed by atoms with Gasteiger partial charge in [-0.1, -0.05) is 30.3 Å². The maximum absolute atomic E-state index is 14.2. The first-order valence-corrected chi connectivity index (χ1v) is 10.6. The first kappa shape index (κ1) is 19.5. The number of anilines is 1. The van der Waals surface area contributed by atoms with Gasteiger partial charge in [-0.05, 0) is 55.5 Å². The van der Waals surface area contributed by atoms with Crippen LogP contribution in [0.5, 0.6) is 0 Å². The van der Waals surface area contributed by atoms with Crippen molar-refractivity contribution in [3.8, 4) is 0 Å². The predicted molar refractivity (Wildman–Crippen MR) is 114 cm³/mol. The summed E-state index contributed by atoms with van der Waals surface area (Å²) in [6.45, 7) is 1.17. The molecule has 2 aromatic carbocycles. The summed E-state index contributed by atoms with van der Waals surface area (Å²) in [7, 11) is 0. The number of nitrogens with one attached hydrogen (secondary N) is 1.